The first-order chi connectivity index (χ1) is 7.81. The van der Waals surface area contributed by atoms with Gasteiger partial charge in [0.2, 0.25) is 5.88 Å². The van der Waals surface area contributed by atoms with Gasteiger partial charge in [-0.25, -0.2) is 9.78 Å². The molecule has 0 atom stereocenters. The molecule has 17 heavy (non-hydrogen) atoms. The van der Waals surface area contributed by atoms with Gasteiger partial charge < -0.3 is 9.84 Å². The molecule has 5 nitrogen and oxygen atoms in total. The third-order valence-corrected chi connectivity index (χ3v) is 1.80. The van der Waals surface area contributed by atoms with Gasteiger partial charge in [-0.1, -0.05) is 0 Å². The van der Waals surface area contributed by atoms with Crippen LogP contribution >= 0.6 is 0 Å². The summed E-state index contributed by atoms with van der Waals surface area (Å²) < 4.78 is 42.0. The maximum Gasteiger partial charge on any atom is 0.434 e. The van der Waals surface area contributed by atoms with Crippen molar-refractivity contribution in [2.45, 2.75) is 6.18 Å². The van der Waals surface area contributed by atoms with Gasteiger partial charge in [0, 0.05) is 0 Å². The normalized spacial score (nSPS) is 10.8. The van der Waals surface area contributed by atoms with E-state index in [1.54, 1.807) is 0 Å². The van der Waals surface area contributed by atoms with Crippen molar-refractivity contribution in [2.24, 2.45) is 0 Å². The molecule has 1 N–H and O–H groups in total. The Labute approximate surface area is 93.1 Å². The SMILES string of the molecule is COc1nc(C(F)(F)F)c(C(=O)O)cc1C#N. The van der Waals surface area contributed by atoms with Crippen LogP contribution in [0.1, 0.15) is 21.6 Å². The molecule has 0 saturated heterocycles. The minimum Gasteiger partial charge on any atom is -0.480 e. The number of carboxylic acid groups (broad SMARTS) is 1. The van der Waals surface area contributed by atoms with Gasteiger partial charge in [0.25, 0.3) is 0 Å². The van der Waals surface area contributed by atoms with Crippen molar-refractivity contribution in [3.8, 4) is 11.9 Å². The van der Waals surface area contributed by atoms with E-state index >= 15 is 0 Å². The number of halogens is 3. The fraction of sp³-hybridized carbons (Fsp3) is 0.222. The first-order valence-electron chi connectivity index (χ1n) is 4.11. The lowest BCUT2D eigenvalue weighted by atomic mass is 10.1. The summed E-state index contributed by atoms with van der Waals surface area (Å²) in [5.74, 6) is -2.38. The molecule has 0 aliphatic rings. The topological polar surface area (TPSA) is 83.2 Å². The zero-order chi connectivity index (χ0) is 13.2. The molecule has 0 radical (unpaired) electrons. The number of aromatic nitrogens is 1. The van der Waals surface area contributed by atoms with Crippen LogP contribution in [0.3, 0.4) is 0 Å². The van der Waals surface area contributed by atoms with Crippen molar-refractivity contribution in [1.82, 2.24) is 4.98 Å². The summed E-state index contributed by atoms with van der Waals surface area (Å²) in [5.41, 5.74) is -3.06. The largest absolute Gasteiger partial charge is 0.480 e. The van der Waals surface area contributed by atoms with Crippen LogP contribution in [-0.2, 0) is 6.18 Å². The standard InChI is InChI=1S/C9H5F3N2O3/c1-17-7-4(3-13)2-5(8(15)16)6(14-7)9(10,11)12/h2H,1H3,(H,15,16). The average molecular weight is 246 g/mol. The Balaban J connectivity index is 3.59. The second-order valence-electron chi connectivity index (χ2n) is 2.86. The Morgan fingerprint density at radius 2 is 2.18 bits per heavy atom. The van der Waals surface area contributed by atoms with Crippen LogP contribution in [0.2, 0.25) is 0 Å². The molecular weight excluding hydrogens is 241 g/mol. The summed E-state index contributed by atoms with van der Waals surface area (Å²) in [7, 11) is 1.03. The molecule has 0 saturated carbocycles. The molecule has 90 valence electrons. The molecule has 0 spiro atoms. The number of alkyl halides is 3. The number of carbonyl (C=O) groups is 1. The molecule has 1 rings (SSSR count). The van der Waals surface area contributed by atoms with Crippen LogP contribution in [-0.4, -0.2) is 23.2 Å². The predicted octanol–water partition coefficient (Wildman–Crippen LogP) is 1.68. The van der Waals surface area contributed by atoms with Crippen LogP contribution in [0, 0.1) is 11.3 Å². The lowest BCUT2D eigenvalue weighted by Gasteiger charge is -2.11. The van der Waals surface area contributed by atoms with Gasteiger partial charge in [0.15, 0.2) is 5.69 Å². The third-order valence-electron chi connectivity index (χ3n) is 1.80. The van der Waals surface area contributed by atoms with Gasteiger partial charge in [-0.2, -0.15) is 18.4 Å². The van der Waals surface area contributed by atoms with Crippen LogP contribution < -0.4 is 4.74 Å². The highest BCUT2D eigenvalue weighted by Gasteiger charge is 2.38. The first-order valence-corrected chi connectivity index (χ1v) is 4.11. The van der Waals surface area contributed by atoms with Gasteiger partial charge in [-0.15, -0.1) is 0 Å². The molecule has 0 fully saturated rings. The van der Waals surface area contributed by atoms with Gasteiger partial charge >= 0.3 is 12.1 Å². The van der Waals surface area contributed by atoms with E-state index in [-0.39, 0.29) is 5.56 Å². The van der Waals surface area contributed by atoms with Gasteiger partial charge in [-0.3, -0.25) is 0 Å². The number of aromatic carboxylic acids is 1. The molecule has 1 aromatic rings. The molecule has 1 heterocycles. The number of nitrogens with zero attached hydrogens (tertiary/aromatic N) is 2. The van der Waals surface area contributed by atoms with Crippen LogP contribution in [0.15, 0.2) is 6.07 Å². The molecule has 0 aromatic carbocycles. The number of carboxylic acids is 1. The lowest BCUT2D eigenvalue weighted by Crippen LogP contribution is -2.16. The second-order valence-corrected chi connectivity index (χ2v) is 2.86. The Morgan fingerprint density at radius 1 is 1.59 bits per heavy atom. The Morgan fingerprint density at radius 3 is 2.53 bits per heavy atom. The van der Waals surface area contributed by atoms with Crippen molar-refractivity contribution in [2.75, 3.05) is 7.11 Å². The van der Waals surface area contributed by atoms with E-state index in [1.807, 2.05) is 0 Å². The zero-order valence-electron chi connectivity index (χ0n) is 8.37. The maximum atomic E-state index is 12.5. The van der Waals surface area contributed by atoms with E-state index < -0.39 is 29.3 Å². The van der Waals surface area contributed by atoms with Crippen molar-refractivity contribution in [3.63, 3.8) is 0 Å². The molecule has 0 aliphatic carbocycles. The quantitative estimate of drug-likeness (QED) is 0.858. The average Bonchev–Trinajstić information content (AvgIpc) is 2.25. The molecule has 0 aliphatic heterocycles. The van der Waals surface area contributed by atoms with E-state index in [0.29, 0.717) is 6.07 Å². The number of rotatable bonds is 2. The summed E-state index contributed by atoms with van der Waals surface area (Å²) in [6.45, 7) is 0. The molecule has 0 unspecified atom stereocenters. The van der Waals surface area contributed by atoms with Crippen LogP contribution in [0.4, 0.5) is 13.2 Å². The third kappa shape index (κ3) is 2.44. The van der Waals surface area contributed by atoms with Crippen LogP contribution in [0.5, 0.6) is 5.88 Å². The van der Waals surface area contributed by atoms with Gasteiger partial charge in [0.05, 0.1) is 12.7 Å². The number of methoxy groups -OCH3 is 1. The van der Waals surface area contributed by atoms with E-state index in [2.05, 4.69) is 9.72 Å². The molecule has 8 heteroatoms. The van der Waals surface area contributed by atoms with Crippen molar-refractivity contribution < 1.29 is 27.8 Å². The molecule has 0 amide bonds. The first kappa shape index (κ1) is 12.8. The summed E-state index contributed by atoms with van der Waals surface area (Å²) in [6, 6.07) is 2.08. The summed E-state index contributed by atoms with van der Waals surface area (Å²) in [4.78, 5) is 13.6. The smallest absolute Gasteiger partial charge is 0.434 e. The van der Waals surface area contributed by atoms with Gasteiger partial charge in [0.1, 0.15) is 11.6 Å². The zero-order valence-corrected chi connectivity index (χ0v) is 8.37. The fourth-order valence-electron chi connectivity index (χ4n) is 1.11. The Kier molecular flexibility index (Phi) is 3.22. The summed E-state index contributed by atoms with van der Waals surface area (Å²) in [5, 5.41) is 17.2. The fourth-order valence-corrected chi connectivity index (χ4v) is 1.11. The lowest BCUT2D eigenvalue weighted by molar-refractivity contribution is -0.141. The number of hydrogen-bond donors (Lipinski definition) is 1. The highest BCUT2D eigenvalue weighted by molar-refractivity contribution is 5.89. The van der Waals surface area contributed by atoms with E-state index in [4.69, 9.17) is 10.4 Å². The second kappa shape index (κ2) is 4.29. The van der Waals surface area contributed by atoms with Crippen molar-refractivity contribution in [1.29, 1.82) is 5.26 Å². The van der Waals surface area contributed by atoms with E-state index in [1.165, 1.54) is 6.07 Å². The highest BCUT2D eigenvalue weighted by Crippen LogP contribution is 2.33. The maximum absolute atomic E-state index is 12.5. The summed E-state index contributed by atoms with van der Waals surface area (Å²) >= 11 is 0. The summed E-state index contributed by atoms with van der Waals surface area (Å²) in [6.07, 6.45) is -4.94. The number of pyridine rings is 1. The molecular formula is C9H5F3N2O3. The van der Waals surface area contributed by atoms with Crippen molar-refractivity contribution >= 4 is 5.97 Å². The minimum absolute atomic E-state index is 0.377. The van der Waals surface area contributed by atoms with Crippen molar-refractivity contribution in [3.05, 3.63) is 22.9 Å². The number of ether oxygens (including phenoxy) is 1. The van der Waals surface area contributed by atoms with Gasteiger partial charge in [-0.05, 0) is 6.07 Å². The minimum atomic E-state index is -4.94. The van der Waals surface area contributed by atoms with E-state index in [9.17, 15) is 18.0 Å². The highest BCUT2D eigenvalue weighted by atomic mass is 19.4. The van der Waals surface area contributed by atoms with Crippen LogP contribution in [0.25, 0.3) is 0 Å². The number of nitriles is 1. The predicted molar refractivity (Wildman–Crippen MR) is 47.5 cm³/mol. The number of hydrogen-bond acceptors (Lipinski definition) is 4. The molecule has 0 bridgehead atoms. The molecule has 1 aromatic heterocycles. The Hall–Kier alpha value is -2.30. The van der Waals surface area contributed by atoms with E-state index in [0.717, 1.165) is 7.11 Å². The Bertz CT molecular complexity index is 505. The monoisotopic (exact) mass is 246 g/mol.